The van der Waals surface area contributed by atoms with Crippen molar-refractivity contribution in [1.29, 1.82) is 0 Å². The number of nitrogens with two attached hydrogens (primary N) is 1. The van der Waals surface area contributed by atoms with E-state index in [1.54, 1.807) is 12.4 Å². The SMILES string of the molecule is CC(N)C(C)C(=O)NC(c1ccccc1)c1cccnc1. The predicted molar refractivity (Wildman–Crippen MR) is 83.5 cm³/mol. The smallest absolute Gasteiger partial charge is 0.225 e. The summed E-state index contributed by atoms with van der Waals surface area (Å²) in [5.41, 5.74) is 7.79. The highest BCUT2D eigenvalue weighted by atomic mass is 16.1. The molecule has 110 valence electrons. The van der Waals surface area contributed by atoms with E-state index in [1.165, 1.54) is 0 Å². The summed E-state index contributed by atoms with van der Waals surface area (Å²) >= 11 is 0. The van der Waals surface area contributed by atoms with Gasteiger partial charge in [0.15, 0.2) is 0 Å². The minimum absolute atomic E-state index is 0.0530. The van der Waals surface area contributed by atoms with Gasteiger partial charge >= 0.3 is 0 Å². The van der Waals surface area contributed by atoms with Crippen molar-refractivity contribution in [2.24, 2.45) is 11.7 Å². The average molecular weight is 283 g/mol. The van der Waals surface area contributed by atoms with Gasteiger partial charge in [-0.2, -0.15) is 0 Å². The summed E-state index contributed by atoms with van der Waals surface area (Å²) in [6.07, 6.45) is 3.49. The van der Waals surface area contributed by atoms with E-state index in [1.807, 2.05) is 56.3 Å². The molecular formula is C17H21N3O. The van der Waals surface area contributed by atoms with Crippen molar-refractivity contribution in [3.05, 3.63) is 66.0 Å². The van der Waals surface area contributed by atoms with E-state index >= 15 is 0 Å². The molecule has 1 aromatic heterocycles. The summed E-state index contributed by atoms with van der Waals surface area (Å²) in [4.78, 5) is 16.5. The zero-order chi connectivity index (χ0) is 15.2. The molecule has 4 heteroatoms. The summed E-state index contributed by atoms with van der Waals surface area (Å²) in [5, 5.41) is 3.07. The van der Waals surface area contributed by atoms with Crippen LogP contribution < -0.4 is 11.1 Å². The Bertz CT molecular complexity index is 530. The highest BCUT2D eigenvalue weighted by Crippen LogP contribution is 2.21. The van der Waals surface area contributed by atoms with E-state index in [0.717, 1.165) is 11.1 Å². The molecule has 0 fully saturated rings. The molecule has 1 aromatic carbocycles. The lowest BCUT2D eigenvalue weighted by molar-refractivity contribution is -0.125. The van der Waals surface area contributed by atoms with Gasteiger partial charge in [-0.1, -0.05) is 43.3 Å². The van der Waals surface area contributed by atoms with Crippen molar-refractivity contribution in [1.82, 2.24) is 10.3 Å². The molecule has 0 spiro atoms. The molecule has 4 nitrogen and oxygen atoms in total. The second-order valence-corrected chi connectivity index (χ2v) is 5.29. The van der Waals surface area contributed by atoms with Crippen LogP contribution >= 0.6 is 0 Å². The third kappa shape index (κ3) is 3.89. The van der Waals surface area contributed by atoms with E-state index in [4.69, 9.17) is 5.73 Å². The first kappa shape index (κ1) is 15.2. The van der Waals surface area contributed by atoms with E-state index < -0.39 is 0 Å². The van der Waals surface area contributed by atoms with Gasteiger partial charge in [0, 0.05) is 24.4 Å². The summed E-state index contributed by atoms with van der Waals surface area (Å²) in [6, 6.07) is 13.3. The number of carbonyl (C=O) groups excluding carboxylic acids is 1. The van der Waals surface area contributed by atoms with Crippen LogP contribution in [0.15, 0.2) is 54.9 Å². The normalized spacial score (nSPS) is 15.0. The van der Waals surface area contributed by atoms with Gasteiger partial charge in [-0.25, -0.2) is 0 Å². The number of pyridine rings is 1. The Labute approximate surface area is 125 Å². The lowest BCUT2D eigenvalue weighted by Crippen LogP contribution is -2.40. The van der Waals surface area contributed by atoms with Crippen LogP contribution in [0.3, 0.4) is 0 Å². The Hall–Kier alpha value is -2.20. The van der Waals surface area contributed by atoms with Crippen molar-refractivity contribution in [2.75, 3.05) is 0 Å². The van der Waals surface area contributed by atoms with Crippen molar-refractivity contribution >= 4 is 5.91 Å². The van der Waals surface area contributed by atoms with Crippen molar-refractivity contribution in [3.63, 3.8) is 0 Å². The molecule has 0 aliphatic rings. The molecular weight excluding hydrogens is 262 g/mol. The van der Waals surface area contributed by atoms with Gasteiger partial charge in [-0.3, -0.25) is 9.78 Å². The topological polar surface area (TPSA) is 68.0 Å². The van der Waals surface area contributed by atoms with Crippen molar-refractivity contribution < 1.29 is 4.79 Å². The molecule has 0 bridgehead atoms. The Balaban J connectivity index is 2.28. The van der Waals surface area contributed by atoms with Gasteiger partial charge in [0.2, 0.25) is 5.91 Å². The van der Waals surface area contributed by atoms with Crippen LogP contribution in [-0.2, 0) is 4.79 Å². The van der Waals surface area contributed by atoms with Crippen LogP contribution in [0.1, 0.15) is 31.0 Å². The van der Waals surface area contributed by atoms with Crippen LogP contribution in [0.4, 0.5) is 0 Å². The van der Waals surface area contributed by atoms with E-state index in [-0.39, 0.29) is 23.9 Å². The summed E-state index contributed by atoms with van der Waals surface area (Å²) < 4.78 is 0. The number of aromatic nitrogens is 1. The van der Waals surface area contributed by atoms with Crippen molar-refractivity contribution in [3.8, 4) is 0 Å². The number of hydrogen-bond acceptors (Lipinski definition) is 3. The summed E-state index contributed by atoms with van der Waals surface area (Å²) in [6.45, 7) is 3.68. The third-order valence-electron chi connectivity index (χ3n) is 3.64. The first-order valence-corrected chi connectivity index (χ1v) is 7.10. The first-order chi connectivity index (χ1) is 10.1. The summed E-state index contributed by atoms with van der Waals surface area (Å²) in [5.74, 6) is -0.296. The number of rotatable bonds is 5. The fourth-order valence-electron chi connectivity index (χ4n) is 2.06. The van der Waals surface area contributed by atoms with Gasteiger partial charge < -0.3 is 11.1 Å². The van der Waals surface area contributed by atoms with Gasteiger partial charge in [-0.15, -0.1) is 0 Å². The monoisotopic (exact) mass is 283 g/mol. The predicted octanol–water partition coefficient (Wildman–Crippen LogP) is 2.27. The molecule has 0 saturated carbocycles. The third-order valence-corrected chi connectivity index (χ3v) is 3.64. The zero-order valence-electron chi connectivity index (χ0n) is 12.4. The highest BCUT2D eigenvalue weighted by Gasteiger charge is 2.22. The van der Waals surface area contributed by atoms with Gasteiger partial charge in [-0.05, 0) is 24.1 Å². The van der Waals surface area contributed by atoms with Crippen LogP contribution in [0.2, 0.25) is 0 Å². The zero-order valence-corrected chi connectivity index (χ0v) is 12.4. The molecule has 0 saturated heterocycles. The molecule has 0 aliphatic carbocycles. The maximum Gasteiger partial charge on any atom is 0.225 e. The van der Waals surface area contributed by atoms with E-state index in [9.17, 15) is 4.79 Å². The molecule has 3 atom stereocenters. The van der Waals surface area contributed by atoms with Crippen molar-refractivity contribution in [2.45, 2.75) is 25.9 Å². The van der Waals surface area contributed by atoms with Crippen LogP contribution in [0.5, 0.6) is 0 Å². The minimum atomic E-state index is -0.243. The quantitative estimate of drug-likeness (QED) is 0.884. The minimum Gasteiger partial charge on any atom is -0.345 e. The van der Waals surface area contributed by atoms with Crippen LogP contribution in [0.25, 0.3) is 0 Å². The second kappa shape index (κ2) is 6.99. The maximum absolute atomic E-state index is 12.3. The highest BCUT2D eigenvalue weighted by molar-refractivity contribution is 5.79. The number of amides is 1. The maximum atomic E-state index is 12.3. The Morgan fingerprint density at radius 2 is 1.76 bits per heavy atom. The molecule has 0 aliphatic heterocycles. The van der Waals surface area contributed by atoms with Crippen LogP contribution in [-0.4, -0.2) is 16.9 Å². The molecule has 2 aromatic rings. The van der Waals surface area contributed by atoms with E-state index in [0.29, 0.717) is 0 Å². The second-order valence-electron chi connectivity index (χ2n) is 5.29. The fourth-order valence-corrected chi connectivity index (χ4v) is 2.06. The number of carbonyl (C=O) groups is 1. The molecule has 21 heavy (non-hydrogen) atoms. The Kier molecular flexibility index (Phi) is 5.06. The summed E-state index contributed by atoms with van der Waals surface area (Å²) in [7, 11) is 0. The largest absolute Gasteiger partial charge is 0.345 e. The Morgan fingerprint density at radius 3 is 2.33 bits per heavy atom. The number of nitrogens with one attached hydrogen (secondary N) is 1. The molecule has 3 unspecified atom stereocenters. The number of hydrogen-bond donors (Lipinski definition) is 2. The first-order valence-electron chi connectivity index (χ1n) is 7.10. The molecule has 0 radical (unpaired) electrons. The molecule has 2 rings (SSSR count). The van der Waals surface area contributed by atoms with Gasteiger partial charge in [0.05, 0.1) is 6.04 Å². The molecule has 3 N–H and O–H groups in total. The lowest BCUT2D eigenvalue weighted by atomic mass is 9.97. The van der Waals surface area contributed by atoms with E-state index in [2.05, 4.69) is 10.3 Å². The fraction of sp³-hybridized carbons (Fsp3) is 0.294. The Morgan fingerprint density at radius 1 is 1.10 bits per heavy atom. The van der Waals surface area contributed by atoms with Gasteiger partial charge in [0.25, 0.3) is 0 Å². The molecule has 1 amide bonds. The van der Waals surface area contributed by atoms with Crippen LogP contribution in [0, 0.1) is 5.92 Å². The standard InChI is InChI=1S/C17H21N3O/c1-12(13(2)18)17(21)20-16(14-7-4-3-5-8-14)15-9-6-10-19-11-15/h3-13,16H,18H2,1-2H3,(H,20,21). The molecule has 1 heterocycles. The average Bonchev–Trinajstić information content (AvgIpc) is 2.53. The van der Waals surface area contributed by atoms with Gasteiger partial charge in [0.1, 0.15) is 0 Å². The number of nitrogens with zero attached hydrogens (tertiary/aromatic N) is 1. The lowest BCUT2D eigenvalue weighted by Gasteiger charge is -2.23. The number of benzene rings is 1.